The topological polar surface area (TPSA) is 51.2 Å². The van der Waals surface area contributed by atoms with Crippen molar-refractivity contribution in [2.45, 2.75) is 37.4 Å². The monoisotopic (exact) mass is 316 g/mol. The summed E-state index contributed by atoms with van der Waals surface area (Å²) in [5.41, 5.74) is -0.232. The molecule has 0 saturated heterocycles. The molecule has 1 aromatic carbocycles. The summed E-state index contributed by atoms with van der Waals surface area (Å²) >= 11 is 0. The maximum atomic E-state index is 13.6. The number of carbonyl (C=O) groups excluding carboxylic acids is 1. The van der Waals surface area contributed by atoms with Gasteiger partial charge in [0.1, 0.15) is 27.3 Å². The molecule has 1 aliphatic rings. The Labute approximate surface area is 123 Å². The van der Waals surface area contributed by atoms with Gasteiger partial charge in [-0.2, -0.15) is 0 Å². The number of hydrogen-bond acceptors (Lipinski definition) is 3. The quantitative estimate of drug-likeness (QED) is 0.858. The Kier molecular flexibility index (Phi) is 4.76. The zero-order valence-corrected chi connectivity index (χ0v) is 12.6. The van der Waals surface area contributed by atoms with Gasteiger partial charge in [0.05, 0.1) is 5.25 Å². The van der Waals surface area contributed by atoms with E-state index in [1.54, 1.807) is 0 Å². The van der Waals surface area contributed by atoms with Crippen molar-refractivity contribution in [2.24, 2.45) is 5.92 Å². The average Bonchev–Trinajstić information content (AvgIpc) is 2.42. The minimum Gasteiger partial charge on any atom is -0.299 e. The van der Waals surface area contributed by atoms with Crippen LogP contribution in [0, 0.1) is 17.6 Å². The van der Waals surface area contributed by atoms with Gasteiger partial charge < -0.3 is 0 Å². The molecule has 1 aromatic rings. The Morgan fingerprint density at radius 2 is 1.86 bits per heavy atom. The Morgan fingerprint density at radius 1 is 1.24 bits per heavy atom. The second-order valence-electron chi connectivity index (χ2n) is 5.66. The third-order valence-electron chi connectivity index (χ3n) is 4.10. The van der Waals surface area contributed by atoms with Crippen LogP contribution in [0.4, 0.5) is 8.78 Å². The van der Waals surface area contributed by atoms with E-state index in [2.05, 4.69) is 0 Å². The molecule has 0 amide bonds. The minimum absolute atomic E-state index is 0.232. The smallest absolute Gasteiger partial charge is 0.150 e. The fourth-order valence-corrected chi connectivity index (χ4v) is 4.02. The van der Waals surface area contributed by atoms with Crippen LogP contribution in [0.1, 0.15) is 31.2 Å². The van der Waals surface area contributed by atoms with Crippen LogP contribution >= 0.6 is 0 Å². The summed E-state index contributed by atoms with van der Waals surface area (Å²) in [5, 5.41) is -0.523. The Bertz CT molecular complexity index is 620. The van der Waals surface area contributed by atoms with Gasteiger partial charge in [0.2, 0.25) is 0 Å². The van der Waals surface area contributed by atoms with Crippen molar-refractivity contribution in [1.29, 1.82) is 0 Å². The molecule has 0 radical (unpaired) electrons. The molecular weight excluding hydrogens is 298 g/mol. The highest BCUT2D eigenvalue weighted by Crippen LogP contribution is 2.30. The van der Waals surface area contributed by atoms with Gasteiger partial charge in [0, 0.05) is 24.2 Å². The SMILES string of the molecule is CS(=O)(=O)C1CCCC(C(=O)Cc2c(F)cccc2F)C1. The Balaban J connectivity index is 2.10. The largest absolute Gasteiger partial charge is 0.299 e. The first-order valence-electron chi connectivity index (χ1n) is 6.93. The predicted octanol–water partition coefficient (Wildman–Crippen LogP) is 2.68. The van der Waals surface area contributed by atoms with Gasteiger partial charge in [-0.1, -0.05) is 12.5 Å². The highest BCUT2D eigenvalue weighted by atomic mass is 32.2. The summed E-state index contributed by atoms with van der Waals surface area (Å²) < 4.78 is 50.3. The third-order valence-corrected chi connectivity index (χ3v) is 5.74. The summed E-state index contributed by atoms with van der Waals surface area (Å²) in [6, 6.07) is 3.48. The average molecular weight is 316 g/mol. The number of carbonyl (C=O) groups is 1. The molecule has 1 saturated carbocycles. The number of halogens is 2. The van der Waals surface area contributed by atoms with Gasteiger partial charge in [-0.15, -0.1) is 0 Å². The van der Waals surface area contributed by atoms with Gasteiger partial charge in [-0.25, -0.2) is 17.2 Å². The van der Waals surface area contributed by atoms with E-state index in [4.69, 9.17) is 0 Å². The van der Waals surface area contributed by atoms with E-state index in [0.717, 1.165) is 12.1 Å². The van der Waals surface area contributed by atoms with Gasteiger partial charge in [-0.3, -0.25) is 4.79 Å². The van der Waals surface area contributed by atoms with Crippen LogP contribution in [0.2, 0.25) is 0 Å². The summed E-state index contributed by atoms with van der Waals surface area (Å²) in [5.74, 6) is -2.19. The van der Waals surface area contributed by atoms with Crippen LogP contribution < -0.4 is 0 Å². The van der Waals surface area contributed by atoms with Crippen molar-refractivity contribution in [2.75, 3.05) is 6.26 Å². The van der Waals surface area contributed by atoms with Crippen molar-refractivity contribution in [1.82, 2.24) is 0 Å². The van der Waals surface area contributed by atoms with Crippen molar-refractivity contribution in [3.8, 4) is 0 Å². The van der Waals surface area contributed by atoms with Crippen LogP contribution in [-0.2, 0) is 21.1 Å². The van der Waals surface area contributed by atoms with E-state index in [9.17, 15) is 22.0 Å². The standard InChI is InChI=1S/C15H18F2O3S/c1-21(19,20)11-5-2-4-10(8-11)15(18)9-12-13(16)6-3-7-14(12)17/h3,6-7,10-11H,2,4-5,8-9H2,1H3. The number of benzene rings is 1. The zero-order chi connectivity index (χ0) is 15.6. The molecule has 3 nitrogen and oxygen atoms in total. The van der Waals surface area contributed by atoms with Crippen molar-refractivity contribution >= 4 is 15.6 Å². The molecule has 6 heteroatoms. The molecule has 1 aliphatic carbocycles. The Hall–Kier alpha value is -1.30. The fraction of sp³-hybridized carbons (Fsp3) is 0.533. The van der Waals surface area contributed by atoms with E-state index < -0.39 is 32.6 Å². The van der Waals surface area contributed by atoms with Crippen molar-refractivity contribution in [3.05, 3.63) is 35.4 Å². The third kappa shape index (κ3) is 3.87. The molecule has 2 atom stereocenters. The van der Waals surface area contributed by atoms with Crippen LogP contribution in [0.5, 0.6) is 0 Å². The molecule has 2 rings (SSSR count). The number of ketones is 1. The molecular formula is C15H18F2O3S. The second kappa shape index (κ2) is 6.22. The summed E-state index contributed by atoms with van der Waals surface area (Å²) in [6.45, 7) is 0. The maximum absolute atomic E-state index is 13.6. The Morgan fingerprint density at radius 3 is 2.43 bits per heavy atom. The molecule has 0 aromatic heterocycles. The number of Topliss-reactive ketones (excluding diaryl/α,β-unsaturated/α-hetero) is 1. The first kappa shape index (κ1) is 16.1. The van der Waals surface area contributed by atoms with Crippen LogP contribution in [0.25, 0.3) is 0 Å². The van der Waals surface area contributed by atoms with Crippen LogP contribution in [0.15, 0.2) is 18.2 Å². The highest BCUT2D eigenvalue weighted by Gasteiger charge is 2.32. The van der Waals surface area contributed by atoms with E-state index >= 15 is 0 Å². The molecule has 21 heavy (non-hydrogen) atoms. The molecule has 0 aliphatic heterocycles. The second-order valence-corrected chi connectivity index (χ2v) is 7.98. The lowest BCUT2D eigenvalue weighted by molar-refractivity contribution is -0.123. The first-order chi connectivity index (χ1) is 9.79. The van der Waals surface area contributed by atoms with E-state index in [0.29, 0.717) is 19.3 Å². The summed E-state index contributed by atoms with van der Waals surface area (Å²) in [6.07, 6.45) is 2.89. The summed E-state index contributed by atoms with van der Waals surface area (Å²) in [7, 11) is -3.18. The normalized spacial score (nSPS) is 23.0. The van der Waals surface area contributed by atoms with Crippen LogP contribution in [-0.4, -0.2) is 25.7 Å². The lowest BCUT2D eigenvalue weighted by Gasteiger charge is -2.27. The first-order valence-corrected chi connectivity index (χ1v) is 8.89. The van der Waals surface area contributed by atoms with E-state index in [1.807, 2.05) is 0 Å². The van der Waals surface area contributed by atoms with Gasteiger partial charge in [-0.05, 0) is 31.4 Å². The van der Waals surface area contributed by atoms with E-state index in [1.165, 1.54) is 12.3 Å². The number of sulfone groups is 1. The van der Waals surface area contributed by atoms with Gasteiger partial charge in [0.25, 0.3) is 0 Å². The molecule has 0 spiro atoms. The molecule has 2 unspecified atom stereocenters. The molecule has 1 fully saturated rings. The highest BCUT2D eigenvalue weighted by molar-refractivity contribution is 7.91. The van der Waals surface area contributed by atoms with Gasteiger partial charge >= 0.3 is 0 Å². The summed E-state index contributed by atoms with van der Waals surface area (Å²) in [4.78, 5) is 12.2. The lowest BCUT2D eigenvalue weighted by Crippen LogP contribution is -2.32. The molecule has 0 heterocycles. The predicted molar refractivity (Wildman–Crippen MR) is 75.7 cm³/mol. The number of rotatable bonds is 4. The van der Waals surface area contributed by atoms with Crippen molar-refractivity contribution in [3.63, 3.8) is 0 Å². The minimum atomic E-state index is -3.18. The molecule has 116 valence electrons. The van der Waals surface area contributed by atoms with E-state index in [-0.39, 0.29) is 24.2 Å². The lowest BCUT2D eigenvalue weighted by atomic mass is 9.84. The van der Waals surface area contributed by atoms with Gasteiger partial charge in [0.15, 0.2) is 0 Å². The number of hydrogen-bond donors (Lipinski definition) is 0. The molecule has 0 N–H and O–H groups in total. The fourth-order valence-electron chi connectivity index (χ4n) is 2.85. The van der Waals surface area contributed by atoms with Crippen LogP contribution in [0.3, 0.4) is 0 Å². The van der Waals surface area contributed by atoms with Crippen molar-refractivity contribution < 1.29 is 22.0 Å². The zero-order valence-electron chi connectivity index (χ0n) is 11.8. The molecule has 0 bridgehead atoms. The maximum Gasteiger partial charge on any atom is 0.150 e.